The lowest BCUT2D eigenvalue weighted by atomic mass is 10.1. The van der Waals surface area contributed by atoms with Crippen LogP contribution >= 0.6 is 0 Å². The monoisotopic (exact) mass is 250 g/mol. The number of nitrogens with one attached hydrogen (secondary N) is 1. The molecule has 0 aliphatic heterocycles. The summed E-state index contributed by atoms with van der Waals surface area (Å²) in [5.74, 6) is 0.667. The van der Waals surface area contributed by atoms with Gasteiger partial charge in [-0.2, -0.15) is 0 Å². The zero-order valence-corrected chi connectivity index (χ0v) is 10.7. The van der Waals surface area contributed by atoms with Crippen molar-refractivity contribution in [2.75, 3.05) is 19.0 Å². The first-order chi connectivity index (χ1) is 8.61. The van der Waals surface area contributed by atoms with Gasteiger partial charge in [-0.1, -0.05) is 0 Å². The summed E-state index contributed by atoms with van der Waals surface area (Å²) in [6.07, 6.45) is 2.46. The Balaban J connectivity index is 2.08. The van der Waals surface area contributed by atoms with Crippen molar-refractivity contribution >= 4 is 11.4 Å². The van der Waals surface area contributed by atoms with Crippen LogP contribution < -0.4 is 5.32 Å². The van der Waals surface area contributed by atoms with Crippen molar-refractivity contribution in [1.29, 1.82) is 0 Å². The summed E-state index contributed by atoms with van der Waals surface area (Å²) in [6, 6.07) is 5.43. The highest BCUT2D eigenvalue weighted by Crippen LogP contribution is 2.34. The fraction of sp³-hybridized carbons (Fsp3) is 0.538. The van der Waals surface area contributed by atoms with Gasteiger partial charge in [0.05, 0.1) is 17.6 Å². The van der Waals surface area contributed by atoms with Crippen molar-refractivity contribution in [3.63, 3.8) is 0 Å². The van der Waals surface area contributed by atoms with Gasteiger partial charge in [-0.05, 0) is 37.8 Å². The average Bonchev–Trinajstić information content (AvgIpc) is 3.11. The van der Waals surface area contributed by atoms with Crippen LogP contribution in [0.15, 0.2) is 18.2 Å². The normalized spacial score (nSPS) is 16.3. The van der Waals surface area contributed by atoms with Crippen LogP contribution in [0.4, 0.5) is 11.4 Å². The summed E-state index contributed by atoms with van der Waals surface area (Å²) < 4.78 is 5.20. The fourth-order valence-electron chi connectivity index (χ4n) is 2.14. The van der Waals surface area contributed by atoms with Crippen molar-refractivity contribution < 1.29 is 9.66 Å². The molecule has 1 saturated carbocycles. The van der Waals surface area contributed by atoms with Gasteiger partial charge in [0.25, 0.3) is 5.69 Å². The Hall–Kier alpha value is -1.62. The molecule has 1 aliphatic rings. The van der Waals surface area contributed by atoms with Gasteiger partial charge < -0.3 is 10.1 Å². The maximum absolute atomic E-state index is 10.7. The molecule has 5 heteroatoms. The lowest BCUT2D eigenvalue weighted by Gasteiger charge is -2.18. The molecule has 1 aliphatic carbocycles. The standard InChI is InChI=1S/C13H18N2O3/c1-9-7-11(5-6-13(9)15(16)17)14-12(8-18-2)10-3-4-10/h5-7,10,12,14H,3-4,8H2,1-2H3. The minimum Gasteiger partial charge on any atom is -0.383 e. The van der Waals surface area contributed by atoms with E-state index in [4.69, 9.17) is 4.74 Å². The van der Waals surface area contributed by atoms with E-state index in [0.29, 0.717) is 24.1 Å². The number of nitro benzene ring substituents is 1. The molecule has 0 spiro atoms. The van der Waals surface area contributed by atoms with Crippen molar-refractivity contribution in [1.82, 2.24) is 0 Å². The minimum absolute atomic E-state index is 0.162. The average molecular weight is 250 g/mol. The van der Waals surface area contributed by atoms with Crippen molar-refractivity contribution in [3.8, 4) is 0 Å². The first kappa shape index (κ1) is 12.8. The van der Waals surface area contributed by atoms with Crippen LogP contribution in [0, 0.1) is 23.0 Å². The van der Waals surface area contributed by atoms with E-state index in [1.807, 2.05) is 6.07 Å². The van der Waals surface area contributed by atoms with E-state index in [0.717, 1.165) is 5.69 Å². The molecule has 1 unspecified atom stereocenters. The van der Waals surface area contributed by atoms with E-state index in [-0.39, 0.29) is 10.6 Å². The van der Waals surface area contributed by atoms with Gasteiger partial charge in [0.15, 0.2) is 0 Å². The lowest BCUT2D eigenvalue weighted by Crippen LogP contribution is -2.27. The fourth-order valence-corrected chi connectivity index (χ4v) is 2.14. The number of ether oxygens (including phenoxy) is 1. The third-order valence-electron chi connectivity index (χ3n) is 3.28. The maximum Gasteiger partial charge on any atom is 0.272 e. The van der Waals surface area contributed by atoms with Crippen LogP contribution in [0.5, 0.6) is 0 Å². The van der Waals surface area contributed by atoms with Gasteiger partial charge >= 0.3 is 0 Å². The Morgan fingerprint density at radius 2 is 2.28 bits per heavy atom. The number of methoxy groups -OCH3 is 1. The summed E-state index contributed by atoms with van der Waals surface area (Å²) in [5.41, 5.74) is 1.76. The third kappa shape index (κ3) is 2.98. The number of benzene rings is 1. The number of rotatable bonds is 6. The molecule has 5 nitrogen and oxygen atoms in total. The Bertz CT molecular complexity index is 444. The topological polar surface area (TPSA) is 64.4 Å². The highest BCUT2D eigenvalue weighted by molar-refractivity contribution is 5.54. The van der Waals surface area contributed by atoms with Gasteiger partial charge in [0, 0.05) is 24.4 Å². The summed E-state index contributed by atoms with van der Waals surface area (Å²) in [6.45, 7) is 2.42. The van der Waals surface area contributed by atoms with E-state index in [2.05, 4.69) is 5.32 Å². The summed E-state index contributed by atoms with van der Waals surface area (Å²) >= 11 is 0. The quantitative estimate of drug-likeness (QED) is 0.622. The zero-order chi connectivity index (χ0) is 13.1. The summed E-state index contributed by atoms with van der Waals surface area (Å²) in [4.78, 5) is 10.4. The molecule has 0 saturated heterocycles. The third-order valence-corrected chi connectivity index (χ3v) is 3.28. The van der Waals surface area contributed by atoms with Crippen LogP contribution in [0.1, 0.15) is 18.4 Å². The molecule has 2 rings (SSSR count). The highest BCUT2D eigenvalue weighted by Gasteiger charge is 2.31. The number of hydrogen-bond acceptors (Lipinski definition) is 4. The van der Waals surface area contributed by atoms with Crippen LogP contribution in [-0.2, 0) is 4.74 Å². The van der Waals surface area contributed by atoms with Gasteiger partial charge in [-0.25, -0.2) is 0 Å². The van der Waals surface area contributed by atoms with Crippen LogP contribution in [0.2, 0.25) is 0 Å². The predicted molar refractivity (Wildman–Crippen MR) is 69.8 cm³/mol. The summed E-state index contributed by atoms with van der Waals surface area (Å²) in [5, 5.41) is 14.1. The highest BCUT2D eigenvalue weighted by atomic mass is 16.6. The minimum atomic E-state index is -0.355. The molecule has 0 aromatic heterocycles. The van der Waals surface area contributed by atoms with E-state index in [1.165, 1.54) is 12.8 Å². The molecule has 1 fully saturated rings. The SMILES string of the molecule is COCC(Nc1ccc([N+](=O)[O-])c(C)c1)C1CC1. The molecule has 0 amide bonds. The lowest BCUT2D eigenvalue weighted by molar-refractivity contribution is -0.385. The number of anilines is 1. The molecule has 0 radical (unpaired) electrons. The maximum atomic E-state index is 10.7. The van der Waals surface area contributed by atoms with Crippen molar-refractivity contribution in [2.24, 2.45) is 5.92 Å². The number of nitrogens with zero attached hydrogens (tertiary/aromatic N) is 1. The first-order valence-electron chi connectivity index (χ1n) is 6.12. The largest absolute Gasteiger partial charge is 0.383 e. The second-order valence-electron chi connectivity index (χ2n) is 4.80. The second kappa shape index (κ2) is 5.35. The second-order valence-corrected chi connectivity index (χ2v) is 4.80. The Morgan fingerprint density at radius 3 is 2.78 bits per heavy atom. The number of hydrogen-bond donors (Lipinski definition) is 1. The molecule has 1 aromatic rings. The molecule has 1 N–H and O–H groups in total. The van der Waals surface area contributed by atoms with E-state index in [1.54, 1.807) is 26.2 Å². The molecule has 1 aromatic carbocycles. The molecule has 0 heterocycles. The molecule has 0 bridgehead atoms. The smallest absolute Gasteiger partial charge is 0.272 e. The van der Waals surface area contributed by atoms with Crippen molar-refractivity contribution in [2.45, 2.75) is 25.8 Å². The first-order valence-corrected chi connectivity index (χ1v) is 6.12. The predicted octanol–water partition coefficient (Wildman–Crippen LogP) is 2.74. The van der Waals surface area contributed by atoms with Crippen LogP contribution in [0.3, 0.4) is 0 Å². The van der Waals surface area contributed by atoms with Crippen LogP contribution in [-0.4, -0.2) is 24.7 Å². The molecular formula is C13H18N2O3. The Kier molecular flexibility index (Phi) is 3.81. The Morgan fingerprint density at radius 1 is 1.56 bits per heavy atom. The van der Waals surface area contributed by atoms with E-state index < -0.39 is 0 Å². The van der Waals surface area contributed by atoms with Gasteiger partial charge in [0.2, 0.25) is 0 Å². The van der Waals surface area contributed by atoms with Gasteiger partial charge in [-0.3, -0.25) is 10.1 Å². The molecular weight excluding hydrogens is 232 g/mol. The molecule has 1 atom stereocenters. The van der Waals surface area contributed by atoms with Gasteiger partial charge in [0.1, 0.15) is 0 Å². The molecule has 98 valence electrons. The van der Waals surface area contributed by atoms with Crippen LogP contribution in [0.25, 0.3) is 0 Å². The van der Waals surface area contributed by atoms with Gasteiger partial charge in [-0.15, -0.1) is 0 Å². The zero-order valence-electron chi connectivity index (χ0n) is 10.7. The number of aryl methyl sites for hydroxylation is 1. The Labute approximate surface area is 106 Å². The number of nitro groups is 1. The van der Waals surface area contributed by atoms with E-state index >= 15 is 0 Å². The van der Waals surface area contributed by atoms with E-state index in [9.17, 15) is 10.1 Å². The molecule has 18 heavy (non-hydrogen) atoms. The van der Waals surface area contributed by atoms with Crippen molar-refractivity contribution in [3.05, 3.63) is 33.9 Å². The summed E-state index contributed by atoms with van der Waals surface area (Å²) in [7, 11) is 1.69.